The summed E-state index contributed by atoms with van der Waals surface area (Å²) in [5.41, 5.74) is 7.48. The summed E-state index contributed by atoms with van der Waals surface area (Å²) in [6.45, 7) is 1.90. The minimum Gasteiger partial charge on any atom is -0.497 e. The highest BCUT2D eigenvalue weighted by Gasteiger charge is 2.28. The first kappa shape index (κ1) is 38.5. The molecule has 0 aromatic heterocycles. The van der Waals surface area contributed by atoms with Crippen molar-refractivity contribution in [3.63, 3.8) is 0 Å². The van der Waals surface area contributed by atoms with Crippen molar-refractivity contribution < 1.29 is 31.9 Å². The summed E-state index contributed by atoms with van der Waals surface area (Å²) >= 11 is 1.65. The van der Waals surface area contributed by atoms with Crippen LogP contribution < -0.4 is 33.6 Å². The average Bonchev–Trinajstić information content (AvgIpc) is 3.23. The lowest BCUT2D eigenvalue weighted by atomic mass is 10.1. The molecule has 0 saturated carbocycles. The van der Waals surface area contributed by atoms with Gasteiger partial charge in [0.15, 0.2) is 0 Å². The molecule has 6 aromatic carbocycles. The molecule has 0 amide bonds. The van der Waals surface area contributed by atoms with Crippen molar-refractivity contribution >= 4 is 67.4 Å². The van der Waals surface area contributed by atoms with Crippen LogP contribution in [-0.4, -0.2) is 53.2 Å². The predicted octanol–water partition coefficient (Wildman–Crippen LogP) is 10.9. The Bertz CT molecular complexity index is 2150. The quantitative estimate of drug-likeness (QED) is 0.107. The van der Waals surface area contributed by atoms with Crippen LogP contribution in [0.25, 0.3) is 0 Å². The number of benzene rings is 6. The summed E-state index contributed by atoms with van der Waals surface area (Å²) in [4.78, 5) is 8.46. The topological polar surface area (TPSA) is 101 Å². The fourth-order valence-corrected chi connectivity index (χ4v) is 8.23. The molecular weight excluding hydrogens is 747 g/mol. The molecule has 10 nitrogen and oxygen atoms in total. The molecule has 56 heavy (non-hydrogen) atoms. The zero-order chi connectivity index (χ0) is 39.4. The van der Waals surface area contributed by atoms with Crippen LogP contribution in [0.2, 0.25) is 0 Å². The highest BCUT2D eigenvalue weighted by molar-refractivity contribution is 7.99. The molecule has 288 valence electrons. The monoisotopic (exact) mass is 789 g/mol. The molecule has 6 aromatic rings. The van der Waals surface area contributed by atoms with Crippen LogP contribution in [0, 0.1) is 0 Å². The number of anilines is 8. The smallest absolute Gasteiger partial charge is 0.267 e. The van der Waals surface area contributed by atoms with Crippen molar-refractivity contribution in [2.24, 2.45) is 0 Å². The molecule has 1 aliphatic rings. The number of hydrogen-bond donors (Lipinski definition) is 1. The van der Waals surface area contributed by atoms with E-state index in [0.717, 1.165) is 78.3 Å². The Labute approximate surface area is 332 Å². The highest BCUT2D eigenvalue weighted by Crippen LogP contribution is 2.52. The summed E-state index contributed by atoms with van der Waals surface area (Å²) in [6.07, 6.45) is 0.222. The molecule has 7 rings (SSSR count). The minimum absolute atomic E-state index is 0.222. The van der Waals surface area contributed by atoms with Gasteiger partial charge < -0.3 is 33.6 Å². The van der Waals surface area contributed by atoms with Crippen molar-refractivity contribution in [3.8, 4) is 23.0 Å². The maximum Gasteiger partial charge on any atom is 0.267 e. The van der Waals surface area contributed by atoms with Gasteiger partial charge in [0.1, 0.15) is 23.0 Å². The van der Waals surface area contributed by atoms with E-state index in [1.165, 1.54) is 6.92 Å². The van der Waals surface area contributed by atoms with Crippen LogP contribution in [0.5, 0.6) is 23.0 Å². The van der Waals surface area contributed by atoms with Gasteiger partial charge in [-0.25, -0.2) is 0 Å². The number of hydrogen-bond acceptors (Lipinski definition) is 10. The van der Waals surface area contributed by atoms with E-state index in [9.17, 15) is 13.0 Å². The van der Waals surface area contributed by atoms with Crippen LogP contribution in [0.1, 0.15) is 13.3 Å². The Morgan fingerprint density at radius 3 is 1.12 bits per heavy atom. The largest absolute Gasteiger partial charge is 0.497 e. The van der Waals surface area contributed by atoms with E-state index in [4.69, 9.17) is 18.9 Å². The van der Waals surface area contributed by atoms with Crippen molar-refractivity contribution in [1.82, 2.24) is 0 Å². The van der Waals surface area contributed by atoms with Gasteiger partial charge in [0.25, 0.3) is 10.1 Å². The molecule has 0 aliphatic carbocycles. The minimum atomic E-state index is -4.22. The van der Waals surface area contributed by atoms with Crippen LogP contribution in [0.4, 0.5) is 45.5 Å². The van der Waals surface area contributed by atoms with Crippen molar-refractivity contribution in [3.05, 3.63) is 133 Å². The van der Waals surface area contributed by atoms with E-state index >= 15 is 0 Å². The van der Waals surface area contributed by atoms with Gasteiger partial charge in [-0.3, -0.25) is 4.55 Å². The van der Waals surface area contributed by atoms with E-state index in [0.29, 0.717) is 6.54 Å². The summed E-state index contributed by atoms with van der Waals surface area (Å²) in [5.74, 6) is 3.02. The standard InChI is InChI=1S/C44H43N3O7S2/c1-30(56(48,49)50)26-27-45-41-24-14-35(46(31-6-16-37(51-2)17-7-31)32-8-18-38(52-3)19-9-32)28-43(41)55-44-29-36(15-25-42(44)45)47(33-10-20-39(53-4)21-11-33)34-12-22-40(54-5)23-13-34/h6-25,28-30H,26-27H2,1-5H3,(H,48,49,50). The normalized spacial score (nSPS) is 12.6. The molecular formula is C44H43N3O7S2. The Balaban J connectivity index is 1.34. The fourth-order valence-electron chi connectivity index (χ4n) is 6.66. The maximum absolute atomic E-state index is 12.1. The summed E-state index contributed by atoms with van der Waals surface area (Å²) in [6, 6.07) is 44.3. The fraction of sp³-hybridized carbons (Fsp3) is 0.182. The predicted molar refractivity (Wildman–Crippen MR) is 225 cm³/mol. The highest BCUT2D eigenvalue weighted by atomic mass is 32.2. The SMILES string of the molecule is COc1ccc(N(c2ccc(OC)cc2)c2ccc3c(c2)Sc2cc(N(c4ccc(OC)cc4)c4ccc(OC)cc4)ccc2N3CCC(C)S(=O)(=O)O)cc1. The second kappa shape index (κ2) is 16.5. The third kappa shape index (κ3) is 8.08. The zero-order valence-electron chi connectivity index (χ0n) is 31.7. The number of nitrogens with zero attached hydrogens (tertiary/aromatic N) is 3. The third-order valence-electron chi connectivity index (χ3n) is 9.79. The van der Waals surface area contributed by atoms with E-state index in [2.05, 4.69) is 51.1 Å². The van der Waals surface area contributed by atoms with E-state index in [1.807, 2.05) is 97.1 Å². The molecule has 0 bridgehead atoms. The molecule has 12 heteroatoms. The lowest BCUT2D eigenvalue weighted by Crippen LogP contribution is -2.27. The first-order valence-electron chi connectivity index (χ1n) is 18.0. The van der Waals surface area contributed by atoms with Crippen LogP contribution >= 0.6 is 11.8 Å². The molecule has 1 unspecified atom stereocenters. The number of methoxy groups -OCH3 is 4. The Hall–Kier alpha value is -5.82. The van der Waals surface area contributed by atoms with E-state index < -0.39 is 15.4 Å². The lowest BCUT2D eigenvalue weighted by Gasteiger charge is -2.35. The van der Waals surface area contributed by atoms with Crippen LogP contribution in [0.3, 0.4) is 0 Å². The van der Waals surface area contributed by atoms with Crippen molar-refractivity contribution in [2.75, 3.05) is 49.7 Å². The Morgan fingerprint density at radius 2 is 0.839 bits per heavy atom. The van der Waals surface area contributed by atoms with Gasteiger partial charge in [0.05, 0.1) is 45.1 Å². The average molecular weight is 790 g/mol. The lowest BCUT2D eigenvalue weighted by molar-refractivity contribution is 0.414. The number of fused-ring (bicyclic) bond motifs is 2. The molecule has 1 heterocycles. The zero-order valence-corrected chi connectivity index (χ0v) is 33.4. The van der Waals surface area contributed by atoms with Crippen LogP contribution in [0.15, 0.2) is 143 Å². The number of rotatable bonds is 14. The molecule has 1 N–H and O–H groups in total. The molecule has 1 aliphatic heterocycles. The van der Waals surface area contributed by atoms with Crippen LogP contribution in [-0.2, 0) is 10.1 Å². The number of ether oxygens (including phenoxy) is 4. The summed E-state index contributed by atoms with van der Waals surface area (Å²) in [7, 11) is 2.38. The van der Waals surface area contributed by atoms with E-state index in [-0.39, 0.29) is 6.42 Å². The summed E-state index contributed by atoms with van der Waals surface area (Å²) in [5, 5.41) is -0.941. The first-order chi connectivity index (χ1) is 27.1. The van der Waals surface area contributed by atoms with Crippen molar-refractivity contribution in [2.45, 2.75) is 28.4 Å². The maximum atomic E-state index is 12.1. The Morgan fingerprint density at radius 1 is 0.536 bits per heavy atom. The molecule has 0 saturated heterocycles. The van der Waals surface area contributed by atoms with Gasteiger partial charge in [0, 0.05) is 50.5 Å². The summed E-state index contributed by atoms with van der Waals surface area (Å²) < 4.78 is 56.0. The second-order valence-electron chi connectivity index (χ2n) is 13.1. The second-order valence-corrected chi connectivity index (χ2v) is 16.1. The third-order valence-corrected chi connectivity index (χ3v) is 12.1. The molecule has 1 atom stereocenters. The molecule has 0 spiro atoms. The van der Waals surface area contributed by atoms with Gasteiger partial charge in [-0.1, -0.05) is 11.8 Å². The Kier molecular flexibility index (Phi) is 11.3. The van der Waals surface area contributed by atoms with E-state index in [1.54, 1.807) is 40.2 Å². The van der Waals surface area contributed by atoms with Gasteiger partial charge in [-0.2, -0.15) is 8.42 Å². The first-order valence-corrected chi connectivity index (χ1v) is 20.3. The van der Waals surface area contributed by atoms with Gasteiger partial charge in [-0.05, 0) is 147 Å². The van der Waals surface area contributed by atoms with Crippen molar-refractivity contribution in [1.29, 1.82) is 0 Å². The van der Waals surface area contributed by atoms with Gasteiger partial charge >= 0.3 is 0 Å². The van der Waals surface area contributed by atoms with Gasteiger partial charge in [0.2, 0.25) is 0 Å². The molecule has 0 radical (unpaired) electrons. The van der Waals surface area contributed by atoms with Gasteiger partial charge in [-0.15, -0.1) is 0 Å². The molecule has 0 fully saturated rings.